The Balaban J connectivity index is 1.46. The molecule has 0 spiro atoms. The molecule has 168 valence electrons. The third-order valence-corrected chi connectivity index (χ3v) is 7.37. The maximum Gasteiger partial charge on any atom is 0.250 e. The third-order valence-electron chi connectivity index (χ3n) is 7.37. The number of amides is 2. The van der Waals surface area contributed by atoms with Crippen molar-refractivity contribution in [1.29, 1.82) is 0 Å². The van der Waals surface area contributed by atoms with Crippen molar-refractivity contribution in [2.75, 3.05) is 18.4 Å². The molecular formula is C26H31N3O3. The SMILES string of the molecule is CC(=O)Nc1ccc(-c2ccc(=O)n3c2C2CC(CN(C(=O)C4CCCCC4)C2)C3)cc1. The molecule has 1 saturated carbocycles. The first kappa shape index (κ1) is 21.0. The number of carbonyl (C=O) groups is 2. The number of anilines is 1. The normalized spacial score (nSPS) is 22.8. The maximum absolute atomic E-state index is 13.3. The van der Waals surface area contributed by atoms with Crippen LogP contribution in [0.5, 0.6) is 0 Å². The molecular weight excluding hydrogens is 402 g/mol. The van der Waals surface area contributed by atoms with E-state index in [2.05, 4.69) is 10.2 Å². The molecule has 1 aromatic carbocycles. The number of nitrogens with zero attached hydrogens (tertiary/aromatic N) is 2. The Kier molecular flexibility index (Phi) is 5.62. The molecule has 3 aliphatic rings. The zero-order valence-electron chi connectivity index (χ0n) is 18.7. The van der Waals surface area contributed by atoms with Crippen LogP contribution in [0.4, 0.5) is 5.69 Å². The molecule has 2 bridgehead atoms. The summed E-state index contributed by atoms with van der Waals surface area (Å²) >= 11 is 0. The Bertz CT molecular complexity index is 1080. The van der Waals surface area contributed by atoms with Crippen molar-refractivity contribution in [2.24, 2.45) is 11.8 Å². The summed E-state index contributed by atoms with van der Waals surface area (Å²) in [6.07, 6.45) is 6.63. The van der Waals surface area contributed by atoms with Gasteiger partial charge in [-0.05, 0) is 48.9 Å². The largest absolute Gasteiger partial charge is 0.341 e. The highest BCUT2D eigenvalue weighted by atomic mass is 16.2. The number of piperidine rings is 1. The van der Waals surface area contributed by atoms with Gasteiger partial charge in [-0.1, -0.05) is 31.4 Å². The summed E-state index contributed by atoms with van der Waals surface area (Å²) in [5.41, 5.74) is 3.93. The minimum absolute atomic E-state index is 0.0420. The molecule has 6 nitrogen and oxygen atoms in total. The van der Waals surface area contributed by atoms with Crippen molar-refractivity contribution in [3.63, 3.8) is 0 Å². The fourth-order valence-corrected chi connectivity index (χ4v) is 5.98. The first-order valence-corrected chi connectivity index (χ1v) is 11.9. The summed E-state index contributed by atoms with van der Waals surface area (Å²) in [6, 6.07) is 11.3. The van der Waals surface area contributed by atoms with E-state index < -0.39 is 0 Å². The second kappa shape index (κ2) is 8.57. The molecule has 5 rings (SSSR count). The van der Waals surface area contributed by atoms with Gasteiger partial charge in [-0.3, -0.25) is 14.4 Å². The minimum atomic E-state index is -0.0997. The van der Waals surface area contributed by atoms with Gasteiger partial charge in [-0.2, -0.15) is 0 Å². The van der Waals surface area contributed by atoms with Crippen LogP contribution in [0.15, 0.2) is 41.2 Å². The van der Waals surface area contributed by atoms with E-state index in [1.807, 2.05) is 34.9 Å². The average molecular weight is 434 g/mol. The topological polar surface area (TPSA) is 71.4 Å². The summed E-state index contributed by atoms with van der Waals surface area (Å²) in [6.45, 7) is 3.64. The fraction of sp³-hybridized carbons (Fsp3) is 0.500. The van der Waals surface area contributed by atoms with E-state index in [0.29, 0.717) is 24.9 Å². The molecule has 32 heavy (non-hydrogen) atoms. The van der Waals surface area contributed by atoms with Crippen molar-refractivity contribution in [2.45, 2.75) is 57.9 Å². The van der Waals surface area contributed by atoms with Gasteiger partial charge in [0.2, 0.25) is 11.8 Å². The second-order valence-corrected chi connectivity index (χ2v) is 9.72. The number of fused-ring (bicyclic) bond motifs is 4. The summed E-state index contributed by atoms with van der Waals surface area (Å²) < 4.78 is 1.94. The molecule has 1 aliphatic carbocycles. The number of pyridine rings is 1. The van der Waals surface area contributed by atoms with E-state index in [-0.39, 0.29) is 23.3 Å². The third kappa shape index (κ3) is 3.98. The van der Waals surface area contributed by atoms with E-state index in [9.17, 15) is 14.4 Å². The molecule has 2 atom stereocenters. The zero-order valence-corrected chi connectivity index (χ0v) is 18.7. The molecule has 6 heteroatoms. The minimum Gasteiger partial charge on any atom is -0.341 e. The number of hydrogen-bond donors (Lipinski definition) is 1. The Labute approximate surface area is 188 Å². The van der Waals surface area contributed by atoms with Gasteiger partial charge in [-0.25, -0.2) is 0 Å². The first-order chi connectivity index (χ1) is 15.5. The van der Waals surface area contributed by atoms with Crippen molar-refractivity contribution >= 4 is 17.5 Å². The van der Waals surface area contributed by atoms with Crippen LogP contribution in [-0.2, 0) is 16.1 Å². The van der Waals surface area contributed by atoms with Crippen LogP contribution in [0.1, 0.15) is 57.1 Å². The Morgan fingerprint density at radius 2 is 1.69 bits per heavy atom. The number of aromatic nitrogens is 1. The molecule has 2 amide bonds. The molecule has 2 aliphatic heterocycles. The first-order valence-electron chi connectivity index (χ1n) is 11.9. The fourth-order valence-electron chi connectivity index (χ4n) is 5.98. The van der Waals surface area contributed by atoms with Crippen LogP contribution in [-0.4, -0.2) is 34.4 Å². The molecule has 1 aromatic heterocycles. The van der Waals surface area contributed by atoms with Gasteiger partial charge in [-0.15, -0.1) is 0 Å². The van der Waals surface area contributed by atoms with Crippen LogP contribution in [0, 0.1) is 11.8 Å². The number of likely N-dealkylation sites (tertiary alicyclic amines) is 1. The average Bonchev–Trinajstić information content (AvgIpc) is 2.80. The highest BCUT2D eigenvalue weighted by Gasteiger charge is 2.39. The molecule has 1 saturated heterocycles. The highest BCUT2D eigenvalue weighted by Crippen LogP contribution is 2.41. The Hall–Kier alpha value is -2.89. The lowest BCUT2D eigenvalue weighted by Gasteiger charge is -2.44. The van der Waals surface area contributed by atoms with E-state index in [1.165, 1.54) is 13.3 Å². The molecule has 2 fully saturated rings. The van der Waals surface area contributed by atoms with E-state index in [1.54, 1.807) is 6.07 Å². The summed E-state index contributed by atoms with van der Waals surface area (Å²) in [4.78, 5) is 39.4. The summed E-state index contributed by atoms with van der Waals surface area (Å²) in [5, 5.41) is 2.80. The second-order valence-electron chi connectivity index (χ2n) is 9.72. The standard InChI is InChI=1S/C26H31N3O3/c1-17(30)27-22-9-7-19(8-10-22)23-11-12-24(31)29-15-18-13-21(25(23)29)16-28(14-18)26(32)20-5-3-2-4-6-20/h7-12,18,20-21H,2-6,13-16H2,1H3,(H,27,30). The van der Waals surface area contributed by atoms with Gasteiger partial charge in [0.1, 0.15) is 0 Å². The van der Waals surface area contributed by atoms with Crippen LogP contribution in [0.2, 0.25) is 0 Å². The van der Waals surface area contributed by atoms with E-state index >= 15 is 0 Å². The predicted molar refractivity (Wildman–Crippen MR) is 124 cm³/mol. The van der Waals surface area contributed by atoms with Crippen LogP contribution >= 0.6 is 0 Å². The van der Waals surface area contributed by atoms with E-state index in [4.69, 9.17) is 0 Å². The number of hydrogen-bond acceptors (Lipinski definition) is 3. The van der Waals surface area contributed by atoms with Gasteiger partial charge >= 0.3 is 0 Å². The highest BCUT2D eigenvalue weighted by molar-refractivity contribution is 5.89. The number of rotatable bonds is 3. The summed E-state index contributed by atoms with van der Waals surface area (Å²) in [7, 11) is 0. The van der Waals surface area contributed by atoms with Crippen LogP contribution in [0.3, 0.4) is 0 Å². The lowest BCUT2D eigenvalue weighted by atomic mass is 9.79. The molecule has 2 unspecified atom stereocenters. The summed E-state index contributed by atoms with van der Waals surface area (Å²) in [5.74, 6) is 0.920. The van der Waals surface area contributed by atoms with E-state index in [0.717, 1.165) is 61.2 Å². The van der Waals surface area contributed by atoms with Crippen molar-refractivity contribution < 1.29 is 9.59 Å². The maximum atomic E-state index is 13.3. The van der Waals surface area contributed by atoms with Gasteiger partial charge in [0.25, 0.3) is 5.56 Å². The van der Waals surface area contributed by atoms with Gasteiger partial charge < -0.3 is 14.8 Å². The quantitative estimate of drug-likeness (QED) is 0.795. The lowest BCUT2D eigenvalue weighted by Crippen LogP contribution is -2.51. The Morgan fingerprint density at radius 3 is 2.41 bits per heavy atom. The smallest absolute Gasteiger partial charge is 0.250 e. The van der Waals surface area contributed by atoms with Gasteiger partial charge in [0.15, 0.2) is 0 Å². The lowest BCUT2D eigenvalue weighted by molar-refractivity contribution is -0.139. The van der Waals surface area contributed by atoms with Crippen molar-refractivity contribution in [3.05, 3.63) is 52.4 Å². The van der Waals surface area contributed by atoms with Crippen molar-refractivity contribution in [1.82, 2.24) is 9.47 Å². The number of carbonyl (C=O) groups excluding carboxylic acids is 2. The predicted octanol–water partition coefficient (Wildman–Crippen LogP) is 4.00. The van der Waals surface area contributed by atoms with Crippen molar-refractivity contribution in [3.8, 4) is 11.1 Å². The number of benzene rings is 1. The molecule has 1 N–H and O–H groups in total. The van der Waals surface area contributed by atoms with Crippen LogP contribution in [0.25, 0.3) is 11.1 Å². The molecule has 2 aromatic rings. The molecule has 3 heterocycles. The number of nitrogens with one attached hydrogen (secondary N) is 1. The Morgan fingerprint density at radius 1 is 0.938 bits per heavy atom. The van der Waals surface area contributed by atoms with Gasteiger partial charge in [0.05, 0.1) is 0 Å². The monoisotopic (exact) mass is 433 g/mol. The zero-order chi connectivity index (χ0) is 22.2. The van der Waals surface area contributed by atoms with Crippen LogP contribution < -0.4 is 10.9 Å². The van der Waals surface area contributed by atoms with Gasteiger partial charge in [0, 0.05) is 61.4 Å². The molecule has 0 radical (unpaired) electrons.